The first-order chi connectivity index (χ1) is 20.9. The Kier molecular flexibility index (Phi) is 8.25. The number of hydrogen-bond donors (Lipinski definition) is 2. The number of rotatable bonds is 7. The van der Waals surface area contributed by atoms with E-state index in [0.717, 1.165) is 35.9 Å². The summed E-state index contributed by atoms with van der Waals surface area (Å²) in [5, 5.41) is 13.1. The molecule has 3 fully saturated rings. The van der Waals surface area contributed by atoms with Gasteiger partial charge in [-0.15, -0.1) is 6.58 Å². The van der Waals surface area contributed by atoms with Gasteiger partial charge in [0, 0.05) is 39.8 Å². The zero-order valence-corrected chi connectivity index (χ0v) is 27.6. The second kappa shape index (κ2) is 11.6. The Morgan fingerprint density at radius 3 is 2.73 bits per heavy atom. The number of fused-ring (bicyclic) bond motifs is 1. The number of ether oxygens (including phenoxy) is 1. The van der Waals surface area contributed by atoms with Crippen LogP contribution in [0.1, 0.15) is 65.4 Å². The third-order valence-corrected chi connectivity index (χ3v) is 12.7. The molecule has 6 rings (SSSR count). The molecular weight excluding hydrogens is 594 g/mol. The van der Waals surface area contributed by atoms with E-state index in [9.17, 15) is 14.7 Å². The van der Waals surface area contributed by atoms with Gasteiger partial charge in [0.25, 0.3) is 0 Å². The van der Waals surface area contributed by atoms with Crippen LogP contribution in [0.5, 0.6) is 0 Å². The van der Waals surface area contributed by atoms with Crippen molar-refractivity contribution in [3.8, 4) is 0 Å². The molecule has 0 amide bonds. The average molecular weight is 637 g/mol. The number of Topliss-reactive ketones (excluding diaryl/α,β-unsaturated/α-hetero) is 1. The minimum atomic E-state index is -0.681. The van der Waals surface area contributed by atoms with Crippen LogP contribution in [0.2, 0.25) is 5.02 Å². The maximum absolute atomic E-state index is 13.6. The fraction of sp³-hybridized carbons (Fsp3) is 0.543. The smallest absolute Gasteiger partial charge is 0.316 e. The number of nitrogens with zero attached hydrogens (tertiary/aromatic N) is 2. The number of benzene rings is 1. The van der Waals surface area contributed by atoms with Crippen molar-refractivity contribution in [2.45, 2.75) is 83.7 Å². The van der Waals surface area contributed by atoms with Crippen molar-refractivity contribution >= 4 is 46.1 Å². The van der Waals surface area contributed by atoms with Crippen LogP contribution in [0.25, 0.3) is 11.0 Å². The van der Waals surface area contributed by atoms with Gasteiger partial charge in [-0.2, -0.15) is 4.57 Å². The number of aliphatic hydroxyl groups is 1. The topological polar surface area (TPSA) is 96.2 Å². The van der Waals surface area contributed by atoms with Crippen molar-refractivity contribution < 1.29 is 24.0 Å². The maximum Gasteiger partial charge on any atom is 0.316 e. The number of ketones is 1. The van der Waals surface area contributed by atoms with Crippen molar-refractivity contribution in [2.75, 3.05) is 5.75 Å². The minimum absolute atomic E-state index is 0.0565. The van der Waals surface area contributed by atoms with Gasteiger partial charge in [-0.3, -0.25) is 9.59 Å². The number of H-pyrrole nitrogens is 1. The average Bonchev–Trinajstić information content (AvgIpc) is 3.58. The fourth-order valence-electron chi connectivity index (χ4n) is 8.77. The quantitative estimate of drug-likeness (QED) is 0.132. The Morgan fingerprint density at radius 1 is 1.25 bits per heavy atom. The van der Waals surface area contributed by atoms with Crippen LogP contribution < -0.4 is 4.57 Å². The summed E-state index contributed by atoms with van der Waals surface area (Å²) < 4.78 is 8.46. The van der Waals surface area contributed by atoms with Gasteiger partial charge in [-0.25, -0.2) is 4.98 Å². The largest absolute Gasteiger partial charge is 0.461 e. The zero-order valence-electron chi connectivity index (χ0n) is 26.0. The van der Waals surface area contributed by atoms with Crippen LogP contribution >= 0.6 is 23.4 Å². The standard InChI is InChI=1S/C35H42ClN3O4S/c1-6-33(4)17-28(34(5)21(2)11-14-35(22(3)31(33)42)15-12-27(40)30(34)35)43-29(41)20-44-32-37-25-13-16-39(19-26(25)38-32)18-23-7-9-24(36)10-8-23/h6-10,13,16,19,21-22,28,30-31,42H,1,11-12,14-15,17-18,20H2,2-5H3/p+1/t21-,22+,28-,30+,31+,33-,34+,35+/m1/s1. The number of aromatic nitrogens is 3. The number of esters is 1. The highest BCUT2D eigenvalue weighted by molar-refractivity contribution is 7.99. The van der Waals surface area contributed by atoms with E-state index >= 15 is 0 Å². The van der Waals surface area contributed by atoms with Gasteiger partial charge in [0.1, 0.15) is 22.9 Å². The molecule has 2 N–H and O–H groups in total. The highest BCUT2D eigenvalue weighted by atomic mass is 35.5. The first kappa shape index (κ1) is 31.3. The molecule has 234 valence electrons. The van der Waals surface area contributed by atoms with Crippen LogP contribution in [0.4, 0.5) is 0 Å². The molecule has 0 spiro atoms. The number of imidazole rings is 1. The molecule has 7 nitrogen and oxygen atoms in total. The van der Waals surface area contributed by atoms with Gasteiger partial charge in [-0.1, -0.05) is 69.3 Å². The van der Waals surface area contributed by atoms with E-state index in [1.54, 1.807) is 0 Å². The third-order valence-electron chi connectivity index (χ3n) is 11.6. The summed E-state index contributed by atoms with van der Waals surface area (Å²) in [6, 6.07) is 9.73. The molecule has 3 saturated carbocycles. The summed E-state index contributed by atoms with van der Waals surface area (Å²) >= 11 is 7.34. The van der Waals surface area contributed by atoms with Gasteiger partial charge in [0.15, 0.2) is 24.1 Å². The fourth-order valence-corrected chi connectivity index (χ4v) is 9.56. The molecule has 3 aliphatic carbocycles. The normalized spacial score (nSPS) is 35.1. The van der Waals surface area contributed by atoms with Crippen LogP contribution in [0.3, 0.4) is 0 Å². The van der Waals surface area contributed by atoms with E-state index in [2.05, 4.69) is 41.9 Å². The van der Waals surface area contributed by atoms with E-state index in [1.165, 1.54) is 11.8 Å². The summed E-state index contributed by atoms with van der Waals surface area (Å²) in [4.78, 5) is 35.2. The number of halogens is 1. The molecule has 0 unspecified atom stereocenters. The number of carbonyl (C=O) groups is 2. The number of carbonyl (C=O) groups excluding carboxylic acids is 2. The van der Waals surface area contributed by atoms with Crippen LogP contribution in [0, 0.1) is 34.0 Å². The van der Waals surface area contributed by atoms with E-state index in [4.69, 9.17) is 16.3 Å². The monoisotopic (exact) mass is 636 g/mol. The predicted octanol–water partition coefficient (Wildman–Crippen LogP) is 6.55. The molecule has 9 heteroatoms. The molecule has 2 heterocycles. The first-order valence-corrected chi connectivity index (χ1v) is 17.1. The number of aromatic amines is 1. The van der Waals surface area contributed by atoms with Crippen molar-refractivity contribution in [3.05, 3.63) is 66.0 Å². The zero-order chi connectivity index (χ0) is 31.4. The van der Waals surface area contributed by atoms with Crippen molar-refractivity contribution in [1.29, 1.82) is 0 Å². The first-order valence-electron chi connectivity index (χ1n) is 15.7. The second-order valence-corrected chi connectivity index (χ2v) is 15.3. The number of nitrogens with one attached hydrogen (secondary N) is 1. The summed E-state index contributed by atoms with van der Waals surface area (Å²) in [6.07, 6.45) is 8.21. The van der Waals surface area contributed by atoms with E-state index in [0.29, 0.717) is 29.6 Å². The minimum Gasteiger partial charge on any atom is -0.461 e. The lowest BCUT2D eigenvalue weighted by Gasteiger charge is -2.61. The Labute approximate surface area is 268 Å². The second-order valence-electron chi connectivity index (χ2n) is 13.9. The lowest BCUT2D eigenvalue weighted by Crippen LogP contribution is -2.63. The van der Waals surface area contributed by atoms with Crippen LogP contribution in [0.15, 0.2) is 60.5 Å². The van der Waals surface area contributed by atoms with Gasteiger partial charge in [0.2, 0.25) is 0 Å². The van der Waals surface area contributed by atoms with E-state index in [-0.39, 0.29) is 40.7 Å². The van der Waals surface area contributed by atoms with Gasteiger partial charge >= 0.3 is 5.97 Å². The summed E-state index contributed by atoms with van der Waals surface area (Å²) in [5.41, 5.74) is 1.36. The Bertz CT molecular complexity index is 1590. The highest BCUT2D eigenvalue weighted by Gasteiger charge is 2.68. The molecule has 2 bridgehead atoms. The molecule has 8 atom stereocenters. The van der Waals surface area contributed by atoms with Gasteiger partial charge < -0.3 is 14.8 Å². The van der Waals surface area contributed by atoms with Crippen molar-refractivity contribution in [1.82, 2.24) is 9.97 Å². The van der Waals surface area contributed by atoms with Crippen LogP contribution in [-0.4, -0.2) is 44.8 Å². The maximum atomic E-state index is 13.6. The van der Waals surface area contributed by atoms with Gasteiger partial charge in [0.05, 0.1) is 11.9 Å². The lowest BCUT2D eigenvalue weighted by atomic mass is 9.44. The third kappa shape index (κ3) is 5.21. The molecular formula is C35H43ClN3O4S+. The number of hydrogen-bond acceptors (Lipinski definition) is 6. The molecule has 44 heavy (non-hydrogen) atoms. The number of thioether (sulfide) groups is 1. The summed E-state index contributed by atoms with van der Waals surface area (Å²) in [6.45, 7) is 13.3. The Hall–Kier alpha value is -2.68. The number of aliphatic hydroxyl groups excluding tert-OH is 1. The molecule has 2 aromatic heterocycles. The lowest BCUT2D eigenvalue weighted by molar-refractivity contribution is -0.687. The van der Waals surface area contributed by atoms with Crippen molar-refractivity contribution in [3.63, 3.8) is 0 Å². The molecule has 3 aromatic rings. The Morgan fingerprint density at radius 2 is 2.00 bits per heavy atom. The van der Waals surface area contributed by atoms with Gasteiger partial charge in [-0.05, 0) is 55.1 Å². The Balaban J connectivity index is 1.21. The molecule has 0 radical (unpaired) electrons. The molecule has 1 aromatic carbocycles. The molecule has 0 saturated heterocycles. The van der Waals surface area contributed by atoms with Crippen LogP contribution in [-0.2, 0) is 20.9 Å². The van der Waals surface area contributed by atoms with Crippen molar-refractivity contribution in [2.24, 2.45) is 34.0 Å². The van der Waals surface area contributed by atoms with E-state index < -0.39 is 23.0 Å². The SMILES string of the molecule is C=C[C@]1(C)C[C@@H](OC(=O)CSc2nc3cc[n+](Cc4ccc(Cl)cc4)cc3[nH]2)[C@]2(C)[C@H](C)CC[C@]3(CCC(=O)[C@H]32)[C@@H](C)[C@@H]1O. The highest BCUT2D eigenvalue weighted by Crippen LogP contribution is 2.68. The molecule has 3 aliphatic rings. The number of pyridine rings is 1. The summed E-state index contributed by atoms with van der Waals surface area (Å²) in [5.74, 6) is -0.107. The van der Waals surface area contributed by atoms with E-state index in [1.807, 2.05) is 55.7 Å². The molecule has 0 aliphatic heterocycles. The predicted molar refractivity (Wildman–Crippen MR) is 172 cm³/mol. The summed E-state index contributed by atoms with van der Waals surface area (Å²) in [7, 11) is 0.